The maximum Gasteiger partial charge on any atom is 0.133 e. The van der Waals surface area contributed by atoms with Gasteiger partial charge in [0.25, 0.3) is 0 Å². The Kier molecular flexibility index (Phi) is 4.07. The first-order valence-electron chi connectivity index (χ1n) is 5.49. The average molecular weight is 286 g/mol. The molecule has 0 unspecified atom stereocenters. The van der Waals surface area contributed by atoms with Gasteiger partial charge >= 0.3 is 0 Å². The summed E-state index contributed by atoms with van der Waals surface area (Å²) in [5.41, 5.74) is 0. The van der Waals surface area contributed by atoms with Gasteiger partial charge in [-0.05, 0) is 53.5 Å². The first-order chi connectivity index (χ1) is 7.79. The van der Waals surface area contributed by atoms with E-state index < -0.39 is 0 Å². The lowest BCUT2D eigenvalue weighted by Crippen LogP contribution is -2.28. The molecular weight excluding hydrogens is 270 g/mol. The number of rotatable bonds is 4. The Labute approximate surface area is 104 Å². The van der Waals surface area contributed by atoms with Crippen LogP contribution in [-0.2, 0) is 0 Å². The molecule has 1 heterocycles. The minimum atomic E-state index is 0.494. The summed E-state index contributed by atoms with van der Waals surface area (Å²) in [6.07, 6.45) is 2.45. The molecule has 0 bridgehead atoms. The highest BCUT2D eigenvalue weighted by Gasteiger charge is 2.15. The van der Waals surface area contributed by atoms with E-state index in [-0.39, 0.29) is 0 Å². The van der Waals surface area contributed by atoms with Gasteiger partial charge in [-0.1, -0.05) is 0 Å². The zero-order valence-corrected chi connectivity index (χ0v) is 10.9. The Bertz CT molecular complexity index is 351. The second-order valence-corrected chi connectivity index (χ2v) is 4.75. The van der Waals surface area contributed by atoms with Crippen LogP contribution in [0.25, 0.3) is 0 Å². The van der Waals surface area contributed by atoms with Gasteiger partial charge in [0.05, 0.1) is 11.6 Å². The Hall–Kier alpha value is -0.740. The van der Waals surface area contributed by atoms with Crippen molar-refractivity contribution in [3.63, 3.8) is 0 Å². The van der Waals surface area contributed by atoms with Crippen molar-refractivity contribution in [3.8, 4) is 11.5 Å². The fourth-order valence-corrected chi connectivity index (χ4v) is 2.29. The smallest absolute Gasteiger partial charge is 0.133 e. The molecule has 2 rings (SSSR count). The predicted octanol–water partition coefficient (Wildman–Crippen LogP) is 2.59. The van der Waals surface area contributed by atoms with Gasteiger partial charge in [0.2, 0.25) is 0 Å². The van der Waals surface area contributed by atoms with Crippen molar-refractivity contribution < 1.29 is 9.47 Å². The van der Waals surface area contributed by atoms with Crippen LogP contribution >= 0.6 is 15.9 Å². The molecule has 0 amide bonds. The lowest BCUT2D eigenvalue weighted by atomic mass is 10.2. The molecule has 1 aromatic carbocycles. The van der Waals surface area contributed by atoms with Gasteiger partial charge in [-0.15, -0.1) is 0 Å². The standard InChI is InChI=1S/C12H16BrNO2/c1-15-10-4-5-12(11(13)7-10)16-8-9-3-2-6-14-9/h4-5,7,9,14H,2-3,6,8H2,1H3/t9-/m1/s1. The van der Waals surface area contributed by atoms with Crippen LogP contribution in [0.15, 0.2) is 22.7 Å². The molecule has 0 spiro atoms. The van der Waals surface area contributed by atoms with Crippen LogP contribution in [-0.4, -0.2) is 26.3 Å². The molecule has 3 nitrogen and oxygen atoms in total. The van der Waals surface area contributed by atoms with Crippen LogP contribution in [0.2, 0.25) is 0 Å². The van der Waals surface area contributed by atoms with Crippen LogP contribution < -0.4 is 14.8 Å². The summed E-state index contributed by atoms with van der Waals surface area (Å²) in [7, 11) is 1.66. The number of benzene rings is 1. The monoisotopic (exact) mass is 285 g/mol. The number of ether oxygens (including phenoxy) is 2. The predicted molar refractivity (Wildman–Crippen MR) is 67.2 cm³/mol. The van der Waals surface area contributed by atoms with E-state index in [1.54, 1.807) is 7.11 Å². The Morgan fingerprint density at radius 3 is 3.00 bits per heavy atom. The van der Waals surface area contributed by atoms with Gasteiger partial charge in [-0.25, -0.2) is 0 Å². The molecule has 1 atom stereocenters. The van der Waals surface area contributed by atoms with Crippen LogP contribution in [0.5, 0.6) is 11.5 Å². The summed E-state index contributed by atoms with van der Waals surface area (Å²) < 4.78 is 11.8. The normalized spacial score (nSPS) is 19.8. The van der Waals surface area contributed by atoms with Crippen molar-refractivity contribution in [1.29, 1.82) is 0 Å². The quantitative estimate of drug-likeness (QED) is 0.923. The third kappa shape index (κ3) is 2.89. The Morgan fingerprint density at radius 2 is 2.38 bits per heavy atom. The molecule has 0 aliphatic carbocycles. The second kappa shape index (κ2) is 5.55. The SMILES string of the molecule is COc1ccc(OC[C@H]2CCCN2)c(Br)c1. The minimum absolute atomic E-state index is 0.494. The Balaban J connectivity index is 1.93. The van der Waals surface area contributed by atoms with Crippen molar-refractivity contribution in [2.24, 2.45) is 0 Å². The van der Waals surface area contributed by atoms with E-state index >= 15 is 0 Å². The van der Waals surface area contributed by atoms with Crippen molar-refractivity contribution >= 4 is 15.9 Å². The molecular formula is C12H16BrNO2. The highest BCUT2D eigenvalue weighted by Crippen LogP contribution is 2.29. The lowest BCUT2D eigenvalue weighted by Gasteiger charge is -2.13. The minimum Gasteiger partial charge on any atom is -0.497 e. The van der Waals surface area contributed by atoms with E-state index in [0.29, 0.717) is 6.04 Å². The maximum absolute atomic E-state index is 5.76. The number of nitrogens with one attached hydrogen (secondary N) is 1. The maximum atomic E-state index is 5.76. The molecule has 16 heavy (non-hydrogen) atoms. The Morgan fingerprint density at radius 1 is 1.50 bits per heavy atom. The summed E-state index contributed by atoms with van der Waals surface area (Å²) in [4.78, 5) is 0. The third-order valence-electron chi connectivity index (χ3n) is 2.74. The number of methoxy groups -OCH3 is 1. The molecule has 1 saturated heterocycles. The number of halogens is 1. The summed E-state index contributed by atoms with van der Waals surface area (Å²) >= 11 is 3.47. The van der Waals surface area contributed by atoms with Crippen molar-refractivity contribution in [1.82, 2.24) is 5.32 Å². The lowest BCUT2D eigenvalue weighted by molar-refractivity contribution is 0.275. The molecule has 1 fully saturated rings. The molecule has 1 aromatic rings. The first-order valence-corrected chi connectivity index (χ1v) is 6.28. The highest BCUT2D eigenvalue weighted by atomic mass is 79.9. The van der Waals surface area contributed by atoms with E-state index in [4.69, 9.17) is 9.47 Å². The van der Waals surface area contributed by atoms with Crippen LogP contribution in [0.1, 0.15) is 12.8 Å². The molecule has 0 saturated carbocycles. The summed E-state index contributed by atoms with van der Waals surface area (Å²) in [5, 5.41) is 3.40. The summed E-state index contributed by atoms with van der Waals surface area (Å²) in [6.45, 7) is 1.84. The molecule has 4 heteroatoms. The van der Waals surface area contributed by atoms with Gasteiger partial charge < -0.3 is 14.8 Å². The first kappa shape index (κ1) is 11.7. The molecule has 1 N–H and O–H groups in total. The van der Waals surface area contributed by atoms with Crippen LogP contribution in [0.3, 0.4) is 0 Å². The van der Waals surface area contributed by atoms with Crippen molar-refractivity contribution in [3.05, 3.63) is 22.7 Å². The highest BCUT2D eigenvalue weighted by molar-refractivity contribution is 9.10. The second-order valence-electron chi connectivity index (χ2n) is 3.90. The number of hydrogen-bond donors (Lipinski definition) is 1. The van der Waals surface area contributed by atoms with E-state index in [1.807, 2.05) is 18.2 Å². The van der Waals surface area contributed by atoms with E-state index in [1.165, 1.54) is 12.8 Å². The van der Waals surface area contributed by atoms with Crippen molar-refractivity contribution in [2.45, 2.75) is 18.9 Å². The zero-order chi connectivity index (χ0) is 11.4. The van der Waals surface area contributed by atoms with E-state index in [9.17, 15) is 0 Å². The van der Waals surface area contributed by atoms with E-state index in [2.05, 4.69) is 21.2 Å². The zero-order valence-electron chi connectivity index (χ0n) is 9.33. The van der Waals surface area contributed by atoms with Gasteiger partial charge in [0.15, 0.2) is 0 Å². The molecule has 1 aliphatic heterocycles. The van der Waals surface area contributed by atoms with E-state index in [0.717, 1.165) is 29.1 Å². The van der Waals surface area contributed by atoms with Gasteiger partial charge in [0, 0.05) is 6.04 Å². The van der Waals surface area contributed by atoms with Gasteiger partial charge in [-0.2, -0.15) is 0 Å². The third-order valence-corrected chi connectivity index (χ3v) is 3.36. The van der Waals surface area contributed by atoms with Crippen LogP contribution in [0, 0.1) is 0 Å². The largest absolute Gasteiger partial charge is 0.497 e. The number of hydrogen-bond acceptors (Lipinski definition) is 3. The topological polar surface area (TPSA) is 30.5 Å². The van der Waals surface area contributed by atoms with Crippen molar-refractivity contribution in [2.75, 3.05) is 20.3 Å². The summed E-state index contributed by atoms with van der Waals surface area (Å²) in [6, 6.07) is 6.24. The fourth-order valence-electron chi connectivity index (χ4n) is 1.81. The summed E-state index contributed by atoms with van der Waals surface area (Å²) in [5.74, 6) is 1.70. The fraction of sp³-hybridized carbons (Fsp3) is 0.500. The van der Waals surface area contributed by atoms with Gasteiger partial charge in [0.1, 0.15) is 18.1 Å². The average Bonchev–Trinajstić information content (AvgIpc) is 2.80. The van der Waals surface area contributed by atoms with Gasteiger partial charge in [-0.3, -0.25) is 0 Å². The molecule has 88 valence electrons. The van der Waals surface area contributed by atoms with Crippen LogP contribution in [0.4, 0.5) is 0 Å². The molecule has 0 radical (unpaired) electrons. The molecule has 1 aliphatic rings. The molecule has 0 aromatic heterocycles.